The average molecular weight is 318 g/mol. The Morgan fingerprint density at radius 3 is 2.96 bits per heavy atom. The molecule has 3 rings (SSSR count). The number of carboxylic acid groups (broad SMARTS) is 1. The van der Waals surface area contributed by atoms with E-state index in [4.69, 9.17) is 9.84 Å². The highest BCUT2D eigenvalue weighted by Crippen LogP contribution is 2.17. The van der Waals surface area contributed by atoms with Gasteiger partial charge >= 0.3 is 5.97 Å². The number of morpholine rings is 1. The highest BCUT2D eigenvalue weighted by Gasteiger charge is 2.28. The lowest BCUT2D eigenvalue weighted by atomic mass is 10.2. The van der Waals surface area contributed by atoms with Gasteiger partial charge in [-0.3, -0.25) is 9.59 Å². The van der Waals surface area contributed by atoms with Crippen molar-refractivity contribution in [2.75, 3.05) is 19.7 Å². The third kappa shape index (κ3) is 3.02. The van der Waals surface area contributed by atoms with Crippen LogP contribution in [0.25, 0.3) is 5.65 Å². The van der Waals surface area contributed by atoms with Crippen LogP contribution in [0, 0.1) is 13.8 Å². The summed E-state index contributed by atoms with van der Waals surface area (Å²) in [6, 6.07) is 1.89. The van der Waals surface area contributed by atoms with Crippen LogP contribution in [0.1, 0.15) is 28.2 Å². The fraction of sp³-hybridized carbons (Fsp3) is 0.467. The van der Waals surface area contributed by atoms with Gasteiger partial charge < -0.3 is 14.7 Å². The maximum atomic E-state index is 12.8. The van der Waals surface area contributed by atoms with E-state index in [0.717, 1.165) is 11.4 Å². The van der Waals surface area contributed by atoms with Gasteiger partial charge in [0.1, 0.15) is 5.56 Å². The first-order valence-electron chi connectivity index (χ1n) is 7.40. The van der Waals surface area contributed by atoms with Crippen LogP contribution in [0.2, 0.25) is 0 Å². The van der Waals surface area contributed by atoms with Crippen molar-refractivity contribution in [2.24, 2.45) is 0 Å². The lowest BCUT2D eigenvalue weighted by molar-refractivity contribution is -0.141. The summed E-state index contributed by atoms with van der Waals surface area (Å²) in [4.78, 5) is 29.6. The first kappa shape index (κ1) is 15.4. The van der Waals surface area contributed by atoms with Gasteiger partial charge in [0.25, 0.3) is 5.91 Å². The molecule has 0 radical (unpaired) electrons. The number of nitrogens with zero attached hydrogens (tertiary/aromatic N) is 4. The number of hydrogen-bond acceptors (Lipinski definition) is 5. The van der Waals surface area contributed by atoms with E-state index < -0.39 is 12.1 Å². The summed E-state index contributed by atoms with van der Waals surface area (Å²) in [5, 5.41) is 13.1. The molecule has 1 aliphatic heterocycles. The lowest BCUT2D eigenvalue weighted by Gasteiger charge is -2.32. The Bertz CT molecular complexity index is 770. The standard InChI is InChI=1S/C15H18N4O4/c1-9-5-10(2)19-14(17-9)12(7-16-19)15(22)18-3-4-23-11(8-18)6-13(20)21/h5,7,11H,3-4,6,8H2,1-2H3,(H,20,21). The minimum atomic E-state index is -0.937. The number of fused-ring (bicyclic) bond motifs is 1. The van der Waals surface area contributed by atoms with Crippen LogP contribution in [-0.4, -0.2) is 62.3 Å². The van der Waals surface area contributed by atoms with Crippen molar-refractivity contribution in [1.82, 2.24) is 19.5 Å². The fourth-order valence-corrected chi connectivity index (χ4v) is 2.81. The maximum Gasteiger partial charge on any atom is 0.306 e. The monoisotopic (exact) mass is 318 g/mol. The van der Waals surface area contributed by atoms with Gasteiger partial charge in [-0.25, -0.2) is 9.50 Å². The molecule has 1 atom stereocenters. The van der Waals surface area contributed by atoms with Crippen molar-refractivity contribution in [3.63, 3.8) is 0 Å². The Hall–Kier alpha value is -2.48. The van der Waals surface area contributed by atoms with Crippen molar-refractivity contribution in [3.8, 4) is 0 Å². The minimum absolute atomic E-state index is 0.116. The number of ether oxygens (including phenoxy) is 1. The average Bonchev–Trinajstić information content (AvgIpc) is 2.90. The molecule has 8 nitrogen and oxygen atoms in total. The molecular formula is C15H18N4O4. The molecule has 1 aliphatic rings. The molecule has 0 spiro atoms. The van der Waals surface area contributed by atoms with Crippen LogP contribution in [0.3, 0.4) is 0 Å². The molecule has 2 aromatic rings. The molecule has 2 aromatic heterocycles. The zero-order valence-corrected chi connectivity index (χ0v) is 13.0. The second-order valence-electron chi connectivity index (χ2n) is 5.67. The van der Waals surface area contributed by atoms with Crippen LogP contribution in [0.4, 0.5) is 0 Å². The summed E-state index contributed by atoms with van der Waals surface area (Å²) in [7, 11) is 0. The molecule has 0 bridgehead atoms. The molecule has 0 aromatic carbocycles. The summed E-state index contributed by atoms with van der Waals surface area (Å²) in [5.74, 6) is -1.13. The predicted octanol–water partition coefficient (Wildman–Crippen LogP) is 0.662. The number of rotatable bonds is 3. The minimum Gasteiger partial charge on any atom is -0.481 e. The fourth-order valence-electron chi connectivity index (χ4n) is 2.81. The molecule has 8 heteroatoms. The molecule has 1 unspecified atom stereocenters. The number of hydrogen-bond donors (Lipinski definition) is 1. The third-order valence-corrected chi connectivity index (χ3v) is 3.84. The van der Waals surface area contributed by atoms with Crippen molar-refractivity contribution in [1.29, 1.82) is 0 Å². The van der Waals surface area contributed by atoms with E-state index in [2.05, 4.69) is 10.1 Å². The number of amides is 1. The second-order valence-corrected chi connectivity index (χ2v) is 5.67. The number of carboxylic acids is 1. The predicted molar refractivity (Wildman–Crippen MR) is 80.4 cm³/mol. The van der Waals surface area contributed by atoms with Crippen LogP contribution in [0.5, 0.6) is 0 Å². The molecule has 122 valence electrons. The smallest absolute Gasteiger partial charge is 0.306 e. The van der Waals surface area contributed by atoms with Crippen LogP contribution < -0.4 is 0 Å². The summed E-state index contributed by atoms with van der Waals surface area (Å²) in [6.45, 7) is 4.78. The van der Waals surface area contributed by atoms with Crippen LogP contribution >= 0.6 is 0 Å². The Labute approximate surface area is 132 Å². The van der Waals surface area contributed by atoms with Crippen molar-refractivity contribution < 1.29 is 19.4 Å². The van der Waals surface area contributed by atoms with Gasteiger partial charge in [-0.15, -0.1) is 0 Å². The SMILES string of the molecule is Cc1cc(C)n2ncc(C(=O)N3CCOC(CC(=O)O)C3)c2n1. The van der Waals surface area contributed by atoms with Gasteiger partial charge in [-0.1, -0.05) is 0 Å². The van der Waals surface area contributed by atoms with Crippen LogP contribution in [0.15, 0.2) is 12.3 Å². The summed E-state index contributed by atoms with van der Waals surface area (Å²) >= 11 is 0. The van der Waals surface area contributed by atoms with Gasteiger partial charge in [-0.05, 0) is 19.9 Å². The van der Waals surface area contributed by atoms with Gasteiger partial charge in [-0.2, -0.15) is 5.10 Å². The number of carbonyl (C=O) groups is 2. The molecule has 23 heavy (non-hydrogen) atoms. The van der Waals surface area contributed by atoms with E-state index in [0.29, 0.717) is 24.4 Å². The van der Waals surface area contributed by atoms with E-state index in [9.17, 15) is 9.59 Å². The number of aliphatic carboxylic acids is 1. The molecule has 1 fully saturated rings. The Balaban J connectivity index is 1.87. The van der Waals surface area contributed by atoms with Gasteiger partial charge in [0.2, 0.25) is 0 Å². The Morgan fingerprint density at radius 1 is 1.43 bits per heavy atom. The topological polar surface area (TPSA) is 97.0 Å². The quantitative estimate of drug-likeness (QED) is 0.893. The third-order valence-electron chi connectivity index (χ3n) is 3.84. The molecule has 0 saturated carbocycles. The Morgan fingerprint density at radius 2 is 2.22 bits per heavy atom. The highest BCUT2D eigenvalue weighted by atomic mass is 16.5. The first-order chi connectivity index (χ1) is 11.0. The molecule has 0 aliphatic carbocycles. The molecule has 1 N–H and O–H groups in total. The molecule has 1 amide bonds. The van der Waals surface area contributed by atoms with E-state index >= 15 is 0 Å². The lowest BCUT2D eigenvalue weighted by Crippen LogP contribution is -2.46. The molecule has 1 saturated heterocycles. The molecule has 3 heterocycles. The van der Waals surface area contributed by atoms with Gasteiger partial charge in [0.05, 0.1) is 25.3 Å². The van der Waals surface area contributed by atoms with E-state index in [1.54, 1.807) is 9.42 Å². The highest BCUT2D eigenvalue weighted by molar-refractivity contribution is 5.99. The van der Waals surface area contributed by atoms with Gasteiger partial charge in [0.15, 0.2) is 5.65 Å². The number of carbonyl (C=O) groups excluding carboxylic acids is 1. The van der Waals surface area contributed by atoms with Crippen molar-refractivity contribution >= 4 is 17.5 Å². The summed E-state index contributed by atoms with van der Waals surface area (Å²) < 4.78 is 7.04. The largest absolute Gasteiger partial charge is 0.481 e. The zero-order chi connectivity index (χ0) is 16.6. The molecular weight excluding hydrogens is 300 g/mol. The van der Waals surface area contributed by atoms with Gasteiger partial charge in [0, 0.05) is 24.5 Å². The second kappa shape index (κ2) is 5.96. The summed E-state index contributed by atoms with van der Waals surface area (Å²) in [6.07, 6.45) is 0.914. The van der Waals surface area contributed by atoms with Crippen molar-refractivity contribution in [3.05, 3.63) is 29.2 Å². The first-order valence-corrected chi connectivity index (χ1v) is 7.40. The number of aryl methyl sites for hydroxylation is 2. The maximum absolute atomic E-state index is 12.8. The van der Waals surface area contributed by atoms with Crippen molar-refractivity contribution in [2.45, 2.75) is 26.4 Å². The van der Waals surface area contributed by atoms with E-state index in [1.165, 1.54) is 6.20 Å². The van der Waals surface area contributed by atoms with Crippen LogP contribution in [-0.2, 0) is 9.53 Å². The summed E-state index contributed by atoms with van der Waals surface area (Å²) in [5.41, 5.74) is 2.66. The van der Waals surface area contributed by atoms with E-state index in [1.807, 2.05) is 19.9 Å². The van der Waals surface area contributed by atoms with E-state index in [-0.39, 0.29) is 18.9 Å². The Kier molecular flexibility index (Phi) is 3.99. The normalized spacial score (nSPS) is 18.3. The zero-order valence-electron chi connectivity index (χ0n) is 13.0. The number of aromatic nitrogens is 3.